The van der Waals surface area contributed by atoms with E-state index >= 15 is 0 Å². The van der Waals surface area contributed by atoms with Crippen LogP contribution in [0.3, 0.4) is 0 Å². The van der Waals surface area contributed by atoms with Gasteiger partial charge in [-0.25, -0.2) is 4.98 Å². The number of fused-ring (bicyclic) bond motifs is 1. The van der Waals surface area contributed by atoms with Gasteiger partial charge in [-0.2, -0.15) is 0 Å². The predicted octanol–water partition coefficient (Wildman–Crippen LogP) is 7.53. The van der Waals surface area contributed by atoms with Crippen molar-refractivity contribution < 1.29 is 18.9 Å². The highest BCUT2D eigenvalue weighted by Gasteiger charge is 2.51. The molecule has 6 rings (SSSR count). The number of likely N-dealkylation sites (tertiary alicyclic amines) is 1. The van der Waals surface area contributed by atoms with Crippen LogP contribution in [-0.2, 0) is 9.31 Å². The lowest BCUT2D eigenvalue weighted by atomic mass is 9.79. The molecule has 0 atom stereocenters. The lowest BCUT2D eigenvalue weighted by molar-refractivity contribution is 0.00578. The Kier molecular flexibility index (Phi) is 14.5. The average Bonchev–Trinajstić information content (AvgIpc) is 3.43. The number of pyridine rings is 2. The van der Waals surface area contributed by atoms with Crippen LogP contribution in [0.4, 0.5) is 5.69 Å². The second kappa shape index (κ2) is 19.0. The van der Waals surface area contributed by atoms with Crippen molar-refractivity contribution in [3.05, 3.63) is 84.2 Å². The minimum Gasteiger partial charge on any atom is -0.399 e. The number of hydrogen-bond donors (Lipinski definition) is 1. The van der Waals surface area contributed by atoms with Crippen molar-refractivity contribution >= 4 is 41.0 Å². The molecular weight excluding hydrogens is 687 g/mol. The Labute approximate surface area is 329 Å². The van der Waals surface area contributed by atoms with Gasteiger partial charge in [-0.3, -0.25) is 14.6 Å². The molecule has 0 unspecified atom stereocenters. The van der Waals surface area contributed by atoms with Crippen molar-refractivity contribution in [2.45, 2.75) is 92.3 Å². The number of nitrogens with zero attached hydrogens (tertiary/aromatic N) is 5. The molecule has 10 nitrogen and oxygen atoms in total. The van der Waals surface area contributed by atoms with Crippen LogP contribution in [0.5, 0.6) is 0 Å². The van der Waals surface area contributed by atoms with Crippen LogP contribution in [0.15, 0.2) is 73.1 Å². The zero-order chi connectivity index (χ0) is 39.6. The second-order valence-corrected chi connectivity index (χ2v) is 15.4. The molecule has 1 N–H and O–H groups in total. The number of hydrogen-bond acceptors (Lipinski definition) is 8. The summed E-state index contributed by atoms with van der Waals surface area (Å²) in [6.07, 6.45) is 8.81. The normalized spacial score (nSPS) is 16.3. The summed E-state index contributed by atoms with van der Waals surface area (Å²) in [5.74, 6) is 0.130. The lowest BCUT2D eigenvalue weighted by Gasteiger charge is -2.32. The number of anilines is 1. The van der Waals surface area contributed by atoms with Crippen molar-refractivity contribution in [1.82, 2.24) is 24.7 Å². The Hall–Kier alpha value is -4.32. The maximum atomic E-state index is 12.6. The standard InChI is InChI=1S/C27H35N5O.C17H26BNO3/c1-3-32(4-2)27(33)22-11-9-21(10-12-22)25-19-26(23-20-28-15-13-24(23)30-25)29-14-8-18-31-16-6-5-7-17-31;1-7-19(8-2)15(20)13-9-11-14(12-10-13)18-21-16(3,4)17(5,6)22-18/h9-13,15,19-20H,3-8,14,16-18H2,1-2H3,(H,29,30);9-12H,7-8H2,1-6H3. The number of nitrogens with one attached hydrogen (secondary N) is 1. The maximum absolute atomic E-state index is 12.6. The van der Waals surface area contributed by atoms with Crippen LogP contribution in [0.1, 0.15) is 102 Å². The maximum Gasteiger partial charge on any atom is 0.494 e. The van der Waals surface area contributed by atoms with Crippen molar-refractivity contribution in [2.24, 2.45) is 0 Å². The lowest BCUT2D eigenvalue weighted by Crippen LogP contribution is -2.41. The van der Waals surface area contributed by atoms with Gasteiger partial charge in [-0.1, -0.05) is 30.7 Å². The molecule has 2 aromatic carbocycles. The Morgan fingerprint density at radius 3 is 1.87 bits per heavy atom. The first-order valence-electron chi connectivity index (χ1n) is 20.3. The molecule has 2 aliphatic rings. The molecule has 0 spiro atoms. The molecule has 55 heavy (non-hydrogen) atoms. The quantitative estimate of drug-likeness (QED) is 0.111. The van der Waals surface area contributed by atoms with Gasteiger partial charge < -0.3 is 29.3 Å². The molecular formula is C44H61BN6O4. The van der Waals surface area contributed by atoms with Crippen LogP contribution in [-0.4, -0.2) is 107 Å². The summed E-state index contributed by atoms with van der Waals surface area (Å²) >= 11 is 0. The zero-order valence-corrected chi connectivity index (χ0v) is 34.4. The van der Waals surface area contributed by atoms with Crippen LogP contribution in [0, 0.1) is 0 Å². The summed E-state index contributed by atoms with van der Waals surface area (Å²) in [5.41, 5.74) is 5.52. The third-order valence-corrected chi connectivity index (χ3v) is 11.2. The number of piperidine rings is 1. The molecule has 0 bridgehead atoms. The fourth-order valence-electron chi connectivity index (χ4n) is 7.00. The summed E-state index contributed by atoms with van der Waals surface area (Å²) in [5, 5.41) is 4.66. The van der Waals surface area contributed by atoms with Gasteiger partial charge in [-0.05, 0) is 136 Å². The SMILES string of the molecule is CCN(CC)C(=O)c1ccc(-c2cc(NCCCN3CCCCC3)c3cnccc3n2)cc1.CCN(CC)C(=O)c1ccc(B2OC(C)(C)C(C)(C)O2)cc1. The molecule has 0 aliphatic carbocycles. The number of aromatic nitrogens is 2. The van der Waals surface area contributed by atoms with Crippen LogP contribution in [0.25, 0.3) is 22.2 Å². The van der Waals surface area contributed by atoms with Gasteiger partial charge in [0.1, 0.15) is 0 Å². The first-order valence-corrected chi connectivity index (χ1v) is 20.3. The van der Waals surface area contributed by atoms with E-state index in [4.69, 9.17) is 14.3 Å². The Bertz CT molecular complexity index is 1840. The van der Waals surface area contributed by atoms with E-state index in [1.807, 2.05) is 126 Å². The minimum absolute atomic E-state index is 0.0606. The number of carbonyl (C=O) groups excluding carboxylic acids is 2. The number of rotatable bonds is 13. The fraction of sp³-hybridized carbons (Fsp3) is 0.500. The molecule has 4 aromatic rings. The zero-order valence-electron chi connectivity index (χ0n) is 34.4. The monoisotopic (exact) mass is 748 g/mol. The smallest absolute Gasteiger partial charge is 0.399 e. The molecule has 294 valence electrons. The van der Waals surface area contributed by atoms with E-state index in [-0.39, 0.29) is 30.1 Å². The van der Waals surface area contributed by atoms with Gasteiger partial charge in [0.25, 0.3) is 11.8 Å². The molecule has 2 fully saturated rings. The largest absolute Gasteiger partial charge is 0.494 e. The number of carbonyl (C=O) groups is 2. The highest BCUT2D eigenvalue weighted by Crippen LogP contribution is 2.36. The van der Waals surface area contributed by atoms with Gasteiger partial charge in [-0.15, -0.1) is 0 Å². The molecule has 0 radical (unpaired) electrons. The van der Waals surface area contributed by atoms with E-state index in [0.29, 0.717) is 37.3 Å². The summed E-state index contributed by atoms with van der Waals surface area (Å²) in [7, 11) is -0.386. The molecule has 4 heterocycles. The van der Waals surface area contributed by atoms with E-state index in [9.17, 15) is 9.59 Å². The van der Waals surface area contributed by atoms with Crippen LogP contribution in [0.2, 0.25) is 0 Å². The third-order valence-electron chi connectivity index (χ3n) is 11.2. The van der Waals surface area contributed by atoms with Crippen molar-refractivity contribution in [3.63, 3.8) is 0 Å². The molecule has 2 saturated heterocycles. The number of benzene rings is 2. The van der Waals surface area contributed by atoms with Gasteiger partial charge in [0.2, 0.25) is 0 Å². The van der Waals surface area contributed by atoms with E-state index in [0.717, 1.165) is 52.8 Å². The fourth-order valence-corrected chi connectivity index (χ4v) is 7.00. The van der Waals surface area contributed by atoms with E-state index in [2.05, 4.69) is 21.3 Å². The van der Waals surface area contributed by atoms with E-state index < -0.39 is 0 Å². The number of amides is 2. The summed E-state index contributed by atoms with van der Waals surface area (Å²) in [6, 6.07) is 19.4. The minimum atomic E-state index is -0.386. The topological polar surface area (TPSA) is 100 Å². The Morgan fingerprint density at radius 1 is 0.782 bits per heavy atom. The summed E-state index contributed by atoms with van der Waals surface area (Å²) in [6.45, 7) is 23.5. The van der Waals surface area contributed by atoms with Crippen molar-refractivity contribution in [1.29, 1.82) is 0 Å². The van der Waals surface area contributed by atoms with Gasteiger partial charge in [0.05, 0.1) is 22.4 Å². The second-order valence-electron chi connectivity index (χ2n) is 15.4. The third kappa shape index (κ3) is 10.3. The Balaban J connectivity index is 0.000000229. The molecule has 2 amide bonds. The first-order chi connectivity index (χ1) is 26.4. The van der Waals surface area contributed by atoms with Gasteiger partial charge in [0.15, 0.2) is 0 Å². The molecule has 0 saturated carbocycles. The van der Waals surface area contributed by atoms with E-state index in [1.165, 1.54) is 32.4 Å². The summed E-state index contributed by atoms with van der Waals surface area (Å²) < 4.78 is 12.0. The Morgan fingerprint density at radius 2 is 1.33 bits per heavy atom. The molecule has 11 heteroatoms. The van der Waals surface area contributed by atoms with Gasteiger partial charge in [0, 0.05) is 72.9 Å². The molecule has 2 aliphatic heterocycles. The highest BCUT2D eigenvalue weighted by molar-refractivity contribution is 6.62. The molecule has 2 aromatic heterocycles. The predicted molar refractivity (Wildman–Crippen MR) is 225 cm³/mol. The highest BCUT2D eigenvalue weighted by atomic mass is 16.7. The average molecular weight is 749 g/mol. The van der Waals surface area contributed by atoms with Crippen LogP contribution >= 0.6 is 0 Å². The van der Waals surface area contributed by atoms with Crippen molar-refractivity contribution in [3.8, 4) is 11.3 Å². The van der Waals surface area contributed by atoms with E-state index in [1.54, 1.807) is 6.20 Å². The van der Waals surface area contributed by atoms with Crippen molar-refractivity contribution in [2.75, 3.05) is 57.7 Å². The summed E-state index contributed by atoms with van der Waals surface area (Å²) in [4.78, 5) is 40.3. The van der Waals surface area contributed by atoms with Gasteiger partial charge >= 0.3 is 7.12 Å². The van der Waals surface area contributed by atoms with Crippen LogP contribution < -0.4 is 10.8 Å². The first kappa shape index (κ1) is 41.8.